The fourth-order valence-corrected chi connectivity index (χ4v) is 3.93. The van der Waals surface area contributed by atoms with Crippen molar-refractivity contribution in [3.05, 3.63) is 28.3 Å². The zero-order valence-corrected chi connectivity index (χ0v) is 16.1. The molecule has 3 heterocycles. The first kappa shape index (κ1) is 17.7. The largest absolute Gasteiger partial charge is 0.322 e. The highest BCUT2D eigenvalue weighted by Gasteiger charge is 2.31. The van der Waals surface area contributed by atoms with Gasteiger partial charge in [-0.1, -0.05) is 0 Å². The van der Waals surface area contributed by atoms with Gasteiger partial charge in [0.1, 0.15) is 0 Å². The maximum atomic E-state index is 12.6. The van der Waals surface area contributed by atoms with E-state index in [-0.39, 0.29) is 11.9 Å². The van der Waals surface area contributed by atoms with Crippen LogP contribution in [0.25, 0.3) is 0 Å². The van der Waals surface area contributed by atoms with Gasteiger partial charge in [0.15, 0.2) is 0 Å². The van der Waals surface area contributed by atoms with Crippen LogP contribution in [-0.4, -0.2) is 43.5 Å². The van der Waals surface area contributed by atoms with Gasteiger partial charge in [-0.2, -0.15) is 10.2 Å². The molecule has 1 saturated heterocycles. The number of aromatic nitrogens is 4. The molecule has 136 valence electrons. The Bertz CT molecular complexity index is 803. The molecule has 0 bridgehead atoms. The van der Waals surface area contributed by atoms with E-state index in [1.807, 2.05) is 32.6 Å². The SMILES string of the molecule is Cc1nn(C)c(C)c1NC(=O)CN1CCC[C@@H]1c1c(C)nn(C)c1C. The van der Waals surface area contributed by atoms with Gasteiger partial charge in [-0.3, -0.25) is 19.1 Å². The highest BCUT2D eigenvalue weighted by Crippen LogP contribution is 2.35. The van der Waals surface area contributed by atoms with Gasteiger partial charge in [-0.25, -0.2) is 0 Å². The average molecular weight is 344 g/mol. The molecule has 1 aliphatic rings. The number of likely N-dealkylation sites (tertiary alicyclic amines) is 1. The van der Waals surface area contributed by atoms with E-state index in [2.05, 4.69) is 34.3 Å². The van der Waals surface area contributed by atoms with Crippen molar-refractivity contribution < 1.29 is 4.79 Å². The van der Waals surface area contributed by atoms with E-state index in [1.54, 1.807) is 4.68 Å². The van der Waals surface area contributed by atoms with E-state index in [0.29, 0.717) is 6.54 Å². The Kier molecular flexibility index (Phi) is 4.69. The number of nitrogens with one attached hydrogen (secondary N) is 1. The van der Waals surface area contributed by atoms with Crippen molar-refractivity contribution in [1.29, 1.82) is 0 Å². The fourth-order valence-electron chi connectivity index (χ4n) is 3.93. The fraction of sp³-hybridized carbons (Fsp3) is 0.611. The van der Waals surface area contributed by atoms with Crippen LogP contribution in [-0.2, 0) is 18.9 Å². The molecule has 0 saturated carbocycles. The van der Waals surface area contributed by atoms with Crippen molar-refractivity contribution in [3.63, 3.8) is 0 Å². The number of amides is 1. The third-order valence-electron chi connectivity index (χ3n) is 5.38. The van der Waals surface area contributed by atoms with E-state index < -0.39 is 0 Å². The number of carbonyl (C=O) groups is 1. The number of aryl methyl sites for hydroxylation is 4. The van der Waals surface area contributed by atoms with E-state index >= 15 is 0 Å². The third kappa shape index (κ3) is 3.20. The Balaban J connectivity index is 1.74. The molecule has 0 aliphatic carbocycles. The van der Waals surface area contributed by atoms with E-state index in [9.17, 15) is 4.79 Å². The van der Waals surface area contributed by atoms with Crippen molar-refractivity contribution in [2.24, 2.45) is 14.1 Å². The predicted molar refractivity (Wildman–Crippen MR) is 97.5 cm³/mol. The number of rotatable bonds is 4. The first-order chi connectivity index (χ1) is 11.8. The molecular weight excluding hydrogens is 316 g/mol. The maximum absolute atomic E-state index is 12.6. The molecule has 1 fully saturated rings. The Morgan fingerprint density at radius 2 is 1.72 bits per heavy atom. The monoisotopic (exact) mass is 344 g/mol. The molecule has 1 N–H and O–H groups in total. The van der Waals surface area contributed by atoms with Crippen LogP contribution in [0.1, 0.15) is 47.2 Å². The second kappa shape index (κ2) is 6.63. The van der Waals surface area contributed by atoms with Crippen LogP contribution in [0.4, 0.5) is 5.69 Å². The number of hydrogen-bond donors (Lipinski definition) is 1. The third-order valence-corrected chi connectivity index (χ3v) is 5.38. The lowest BCUT2D eigenvalue weighted by Crippen LogP contribution is -2.33. The number of anilines is 1. The molecule has 7 heteroatoms. The molecule has 1 atom stereocenters. The van der Waals surface area contributed by atoms with Gasteiger partial charge >= 0.3 is 0 Å². The van der Waals surface area contributed by atoms with E-state index in [0.717, 1.165) is 42.2 Å². The molecule has 0 aromatic carbocycles. The summed E-state index contributed by atoms with van der Waals surface area (Å²) in [7, 11) is 3.87. The van der Waals surface area contributed by atoms with Gasteiger partial charge in [0.25, 0.3) is 0 Å². The number of hydrogen-bond acceptors (Lipinski definition) is 4. The van der Waals surface area contributed by atoms with Crippen LogP contribution in [0.2, 0.25) is 0 Å². The minimum Gasteiger partial charge on any atom is -0.322 e. The lowest BCUT2D eigenvalue weighted by Gasteiger charge is -2.24. The molecule has 3 rings (SSSR count). The average Bonchev–Trinajstić information content (AvgIpc) is 3.14. The summed E-state index contributed by atoms with van der Waals surface area (Å²) in [4.78, 5) is 14.9. The lowest BCUT2D eigenvalue weighted by atomic mass is 10.0. The van der Waals surface area contributed by atoms with Gasteiger partial charge < -0.3 is 5.32 Å². The smallest absolute Gasteiger partial charge is 0.238 e. The second-order valence-corrected chi connectivity index (χ2v) is 7.05. The number of carbonyl (C=O) groups excluding carboxylic acids is 1. The summed E-state index contributed by atoms with van der Waals surface area (Å²) in [6, 6.07) is 0.274. The first-order valence-electron chi connectivity index (χ1n) is 8.83. The molecule has 2 aromatic heterocycles. The quantitative estimate of drug-likeness (QED) is 0.923. The molecule has 0 radical (unpaired) electrons. The van der Waals surface area contributed by atoms with Gasteiger partial charge in [0, 0.05) is 31.4 Å². The summed E-state index contributed by atoms with van der Waals surface area (Å²) in [5, 5.41) is 12.0. The summed E-state index contributed by atoms with van der Waals surface area (Å²) in [6.07, 6.45) is 2.18. The molecule has 7 nitrogen and oxygen atoms in total. The Morgan fingerprint density at radius 1 is 1.08 bits per heavy atom. The zero-order valence-electron chi connectivity index (χ0n) is 16.1. The molecule has 0 unspecified atom stereocenters. The van der Waals surface area contributed by atoms with Gasteiger partial charge in [-0.05, 0) is 47.1 Å². The Morgan fingerprint density at radius 3 is 2.28 bits per heavy atom. The maximum Gasteiger partial charge on any atom is 0.238 e. The van der Waals surface area contributed by atoms with Crippen LogP contribution in [0.5, 0.6) is 0 Å². The van der Waals surface area contributed by atoms with Crippen LogP contribution >= 0.6 is 0 Å². The highest BCUT2D eigenvalue weighted by atomic mass is 16.2. The molecule has 1 aliphatic heterocycles. The summed E-state index contributed by atoms with van der Waals surface area (Å²) in [5.41, 5.74) is 6.19. The highest BCUT2D eigenvalue weighted by molar-refractivity contribution is 5.93. The minimum absolute atomic E-state index is 0.0188. The minimum atomic E-state index is 0.0188. The molecule has 25 heavy (non-hydrogen) atoms. The van der Waals surface area contributed by atoms with Crippen molar-refractivity contribution in [2.45, 2.75) is 46.6 Å². The van der Waals surface area contributed by atoms with E-state index in [4.69, 9.17) is 0 Å². The topological polar surface area (TPSA) is 68.0 Å². The Labute approximate surface area is 149 Å². The summed E-state index contributed by atoms with van der Waals surface area (Å²) in [5.74, 6) is 0.0188. The second-order valence-electron chi connectivity index (χ2n) is 7.05. The lowest BCUT2D eigenvalue weighted by molar-refractivity contribution is -0.117. The van der Waals surface area contributed by atoms with Crippen molar-refractivity contribution in [2.75, 3.05) is 18.4 Å². The van der Waals surface area contributed by atoms with Crippen LogP contribution in [0.15, 0.2) is 0 Å². The molecule has 2 aromatic rings. The Hall–Kier alpha value is -2.15. The zero-order chi connectivity index (χ0) is 18.3. The molecule has 0 spiro atoms. The number of nitrogens with zero attached hydrogens (tertiary/aromatic N) is 5. The van der Waals surface area contributed by atoms with Gasteiger partial charge in [0.2, 0.25) is 5.91 Å². The molecule has 1 amide bonds. The molecular formula is C18H28N6O. The summed E-state index contributed by atoms with van der Waals surface area (Å²) in [6.45, 7) is 9.39. The van der Waals surface area contributed by atoms with Gasteiger partial charge in [-0.15, -0.1) is 0 Å². The van der Waals surface area contributed by atoms with Gasteiger partial charge in [0.05, 0.1) is 29.3 Å². The normalized spacial score (nSPS) is 18.1. The van der Waals surface area contributed by atoms with Crippen molar-refractivity contribution in [1.82, 2.24) is 24.5 Å². The van der Waals surface area contributed by atoms with E-state index in [1.165, 1.54) is 11.3 Å². The van der Waals surface area contributed by atoms with Crippen LogP contribution in [0, 0.1) is 27.7 Å². The van der Waals surface area contributed by atoms with Crippen LogP contribution < -0.4 is 5.32 Å². The first-order valence-corrected chi connectivity index (χ1v) is 8.83. The summed E-state index contributed by atoms with van der Waals surface area (Å²) >= 11 is 0. The van der Waals surface area contributed by atoms with Crippen LogP contribution in [0.3, 0.4) is 0 Å². The standard InChI is InChI=1S/C18H28N6O/c1-11-17(13(3)22(5)20-11)15-8-7-9-24(15)10-16(25)19-18-12(2)21-23(6)14(18)4/h15H,7-10H2,1-6H3,(H,19,25)/t15-/m1/s1. The van der Waals surface area contributed by atoms with Crippen molar-refractivity contribution in [3.8, 4) is 0 Å². The summed E-state index contributed by atoms with van der Waals surface area (Å²) < 4.78 is 3.73. The van der Waals surface area contributed by atoms with Crippen molar-refractivity contribution >= 4 is 11.6 Å². The predicted octanol–water partition coefficient (Wildman–Crippen LogP) is 2.16.